The second-order valence-corrected chi connectivity index (χ2v) is 12.4. The Hall–Kier alpha value is -0.980. The Balaban J connectivity index is 0.000000252. The van der Waals surface area contributed by atoms with E-state index in [1.54, 1.807) is 0 Å². The van der Waals surface area contributed by atoms with Gasteiger partial charge in [-0.05, 0) is 98.7 Å². The Morgan fingerprint density at radius 1 is 0.882 bits per heavy atom. The molecule has 0 bridgehead atoms. The maximum absolute atomic E-state index is 12.2. The van der Waals surface area contributed by atoms with Crippen LogP contribution >= 0.6 is 0 Å². The van der Waals surface area contributed by atoms with E-state index in [0.717, 1.165) is 29.6 Å². The van der Waals surface area contributed by atoms with E-state index in [1.165, 1.54) is 62.7 Å². The van der Waals surface area contributed by atoms with E-state index in [9.17, 15) is 9.59 Å². The molecule has 8 atom stereocenters. The van der Waals surface area contributed by atoms with Crippen molar-refractivity contribution in [2.75, 3.05) is 32.8 Å². The summed E-state index contributed by atoms with van der Waals surface area (Å²) in [6.07, 6.45) is 12.6. The minimum Gasteiger partial charge on any atom is -0.480 e. The number of hydrogen-bond donors (Lipinski definition) is 3. The molecule has 3 N–H and O–H groups in total. The van der Waals surface area contributed by atoms with Gasteiger partial charge in [-0.2, -0.15) is 0 Å². The number of aliphatic hydroxyl groups is 2. The van der Waals surface area contributed by atoms with Gasteiger partial charge in [-0.1, -0.05) is 27.2 Å². The Morgan fingerprint density at radius 2 is 1.50 bits per heavy atom. The Morgan fingerprint density at radius 3 is 2.09 bits per heavy atom. The fraction of sp³-hybridized carbons (Fsp3) is 0.929. The summed E-state index contributed by atoms with van der Waals surface area (Å²) in [4.78, 5) is 23.8. The van der Waals surface area contributed by atoms with E-state index in [4.69, 9.17) is 15.3 Å². The first-order valence-electron chi connectivity index (χ1n) is 13.7. The molecule has 4 fully saturated rings. The summed E-state index contributed by atoms with van der Waals surface area (Å²) in [6.45, 7) is 9.70. The minimum atomic E-state index is -0.952. The minimum absolute atomic E-state index is 0.0900. The highest BCUT2D eigenvalue weighted by molar-refractivity contribution is 5.79. The van der Waals surface area contributed by atoms with Crippen LogP contribution in [0.5, 0.6) is 0 Å². The van der Waals surface area contributed by atoms with Crippen LogP contribution in [0.4, 0.5) is 0 Å². The molecule has 8 unspecified atom stereocenters. The molecule has 6 nitrogen and oxygen atoms in total. The standard InChI is InChI=1S/C22H36O.C6H13NO4/c1-14-9-11-21(3)16(13-14)5-6-17-19-8-7-18(15(2)23)22(19,4)12-10-20(17)21;8-3-1-7(2-4-9)5-6(10)11/h14,16-20H,5-13H2,1-4H3;8-9H,1-5H2,(H,10,11). The van der Waals surface area contributed by atoms with Crippen LogP contribution in [0.15, 0.2) is 0 Å². The molecule has 0 amide bonds. The van der Waals surface area contributed by atoms with E-state index in [1.807, 2.05) is 6.92 Å². The van der Waals surface area contributed by atoms with E-state index < -0.39 is 5.97 Å². The van der Waals surface area contributed by atoms with Crippen molar-refractivity contribution < 1.29 is 24.9 Å². The van der Waals surface area contributed by atoms with Crippen molar-refractivity contribution in [3.05, 3.63) is 0 Å². The Bertz CT molecular complexity index is 707. The molecule has 0 aromatic carbocycles. The van der Waals surface area contributed by atoms with E-state index in [2.05, 4.69) is 20.8 Å². The monoisotopic (exact) mass is 479 g/mol. The van der Waals surface area contributed by atoms with Gasteiger partial charge in [-0.15, -0.1) is 0 Å². The zero-order chi connectivity index (χ0) is 25.1. The first kappa shape index (κ1) is 27.6. The maximum Gasteiger partial charge on any atom is 0.317 e. The Kier molecular flexibility index (Phi) is 9.24. The van der Waals surface area contributed by atoms with Crippen LogP contribution in [0, 0.1) is 46.3 Å². The molecule has 6 heteroatoms. The fourth-order valence-electron chi connectivity index (χ4n) is 8.88. The van der Waals surface area contributed by atoms with Gasteiger partial charge >= 0.3 is 5.97 Å². The topological polar surface area (TPSA) is 98.1 Å². The molecular formula is C28H49NO5. The number of Topliss-reactive ketones (excluding diaryl/α,β-unsaturated/α-hetero) is 1. The Labute approximate surface area is 206 Å². The van der Waals surface area contributed by atoms with Crippen LogP contribution in [0.3, 0.4) is 0 Å². The first-order chi connectivity index (χ1) is 16.1. The maximum atomic E-state index is 12.2. The molecule has 4 rings (SSSR count). The number of aliphatic carboxylic acids is 1. The number of carbonyl (C=O) groups excluding carboxylic acids is 1. The van der Waals surface area contributed by atoms with Crippen molar-refractivity contribution in [3.8, 4) is 0 Å². The van der Waals surface area contributed by atoms with Gasteiger partial charge in [0.05, 0.1) is 19.8 Å². The van der Waals surface area contributed by atoms with Crippen molar-refractivity contribution >= 4 is 11.8 Å². The number of carboxylic acids is 1. The molecular weight excluding hydrogens is 430 g/mol. The summed E-state index contributed by atoms with van der Waals surface area (Å²) in [5, 5.41) is 25.3. The molecule has 4 aliphatic rings. The molecule has 0 saturated heterocycles. The number of aliphatic hydroxyl groups excluding tert-OH is 2. The first-order valence-corrected chi connectivity index (χ1v) is 13.7. The van der Waals surface area contributed by atoms with Gasteiger partial charge in [0.25, 0.3) is 0 Å². The van der Waals surface area contributed by atoms with Gasteiger partial charge < -0.3 is 15.3 Å². The lowest BCUT2D eigenvalue weighted by molar-refractivity contribution is -0.138. The van der Waals surface area contributed by atoms with Gasteiger partial charge in [-0.3, -0.25) is 14.5 Å². The summed E-state index contributed by atoms with van der Waals surface area (Å²) in [6, 6.07) is 0. The number of nitrogens with zero attached hydrogens (tertiary/aromatic N) is 1. The molecule has 4 aliphatic carbocycles. The van der Waals surface area contributed by atoms with Crippen molar-refractivity contribution in [1.29, 1.82) is 0 Å². The lowest BCUT2D eigenvalue weighted by Crippen LogP contribution is -2.53. The van der Waals surface area contributed by atoms with Crippen molar-refractivity contribution in [2.45, 2.75) is 85.5 Å². The summed E-state index contributed by atoms with van der Waals surface area (Å²) in [7, 11) is 0. The largest absolute Gasteiger partial charge is 0.480 e. The molecule has 0 aromatic heterocycles. The quantitative estimate of drug-likeness (QED) is 0.506. The summed E-state index contributed by atoms with van der Waals surface area (Å²) < 4.78 is 0. The number of fused-ring (bicyclic) bond motifs is 5. The van der Waals surface area contributed by atoms with Crippen LogP contribution < -0.4 is 0 Å². The number of carbonyl (C=O) groups is 2. The predicted octanol–water partition coefficient (Wildman–Crippen LogP) is 4.23. The van der Waals surface area contributed by atoms with Crippen LogP contribution in [0.25, 0.3) is 0 Å². The third-order valence-electron chi connectivity index (χ3n) is 10.6. The van der Waals surface area contributed by atoms with Crippen molar-refractivity contribution in [1.82, 2.24) is 4.90 Å². The second-order valence-electron chi connectivity index (χ2n) is 12.4. The van der Waals surface area contributed by atoms with Gasteiger partial charge in [-0.25, -0.2) is 0 Å². The van der Waals surface area contributed by atoms with E-state index >= 15 is 0 Å². The average Bonchev–Trinajstić information content (AvgIpc) is 3.12. The van der Waals surface area contributed by atoms with Crippen molar-refractivity contribution in [2.24, 2.45) is 46.3 Å². The lowest BCUT2D eigenvalue weighted by atomic mass is 9.44. The molecule has 0 aromatic rings. The van der Waals surface area contributed by atoms with Crippen LogP contribution in [0.1, 0.15) is 85.5 Å². The summed E-state index contributed by atoms with van der Waals surface area (Å²) >= 11 is 0. The normalized spacial score (nSPS) is 41.0. The molecule has 4 saturated carbocycles. The number of carboxylic acid groups (broad SMARTS) is 1. The SMILES string of the molecule is CC(=O)C1CCC2C3CCC4CC(C)CCC4(C)C3CCC12C.O=C(O)CN(CCO)CCO. The molecule has 0 aliphatic heterocycles. The lowest BCUT2D eigenvalue weighted by Gasteiger charge is -2.61. The van der Waals surface area contributed by atoms with Crippen molar-refractivity contribution in [3.63, 3.8) is 0 Å². The zero-order valence-electron chi connectivity index (χ0n) is 22.0. The van der Waals surface area contributed by atoms with Crippen LogP contribution in [-0.4, -0.2) is 64.8 Å². The van der Waals surface area contributed by atoms with E-state index in [0.29, 0.717) is 22.5 Å². The van der Waals surface area contributed by atoms with Gasteiger partial charge in [0.2, 0.25) is 0 Å². The third-order valence-corrected chi connectivity index (χ3v) is 10.6. The zero-order valence-corrected chi connectivity index (χ0v) is 22.0. The number of rotatable bonds is 7. The number of ketones is 1. The number of hydrogen-bond acceptors (Lipinski definition) is 5. The van der Waals surface area contributed by atoms with Gasteiger partial charge in [0.1, 0.15) is 5.78 Å². The molecule has 0 spiro atoms. The molecule has 0 radical (unpaired) electrons. The molecule has 196 valence electrons. The van der Waals surface area contributed by atoms with Gasteiger partial charge in [0, 0.05) is 19.0 Å². The summed E-state index contributed by atoms with van der Waals surface area (Å²) in [5.41, 5.74) is 0.948. The highest BCUT2D eigenvalue weighted by atomic mass is 16.4. The molecule has 34 heavy (non-hydrogen) atoms. The third kappa shape index (κ3) is 5.54. The predicted molar refractivity (Wildman–Crippen MR) is 133 cm³/mol. The van der Waals surface area contributed by atoms with E-state index in [-0.39, 0.29) is 32.8 Å². The fourth-order valence-corrected chi connectivity index (χ4v) is 8.88. The second kappa shape index (κ2) is 11.4. The van der Waals surface area contributed by atoms with Crippen LogP contribution in [0.2, 0.25) is 0 Å². The smallest absolute Gasteiger partial charge is 0.317 e. The summed E-state index contributed by atoms with van der Waals surface area (Å²) in [5.74, 6) is 4.54. The highest BCUT2D eigenvalue weighted by Crippen LogP contribution is 2.67. The molecule has 0 heterocycles. The highest BCUT2D eigenvalue weighted by Gasteiger charge is 2.60. The van der Waals surface area contributed by atoms with Crippen LogP contribution in [-0.2, 0) is 9.59 Å². The van der Waals surface area contributed by atoms with Gasteiger partial charge in [0.15, 0.2) is 0 Å². The average molecular weight is 480 g/mol.